The average molecular weight is 1030 g/mol. The molecule has 0 N–H and O–H groups in total. The number of likely N-dealkylation sites (N-methyl/N-ethyl adjacent to an activating group) is 1. The van der Waals surface area contributed by atoms with Crippen molar-refractivity contribution < 1.29 is 42.9 Å². The second-order valence-electron chi connectivity index (χ2n) is 21.6. The van der Waals surface area contributed by atoms with Gasteiger partial charge in [0.25, 0.3) is 0 Å². The van der Waals surface area contributed by atoms with Crippen molar-refractivity contribution in [3.8, 4) is 0 Å². The van der Waals surface area contributed by atoms with Crippen molar-refractivity contribution >= 4 is 17.9 Å². The van der Waals surface area contributed by atoms with Gasteiger partial charge in [0.05, 0.1) is 40.3 Å². The molecule has 0 spiro atoms. The largest absolute Gasteiger partial charge is 0.545 e. The fourth-order valence-electron chi connectivity index (χ4n) is 8.62. The minimum Gasteiger partial charge on any atom is -0.545 e. The summed E-state index contributed by atoms with van der Waals surface area (Å²) in [6.07, 6.45) is 67.1. The van der Waals surface area contributed by atoms with Crippen molar-refractivity contribution in [1.82, 2.24) is 0 Å². The third kappa shape index (κ3) is 56.6. The number of esters is 2. The molecule has 0 heterocycles. The van der Waals surface area contributed by atoms with Crippen molar-refractivity contribution in [2.24, 2.45) is 0 Å². The SMILES string of the molecule is CC/C=C\C/C=C\C/C=C\C/C=C\C/C=C\CCCCCCCC(=O)OC(COC(=O)CCCCCCCCCCCCCCCCCCCCCCCCCCCCC)COC(OCC[N+](C)(C)C)C(=O)[O-]. The number of allylic oxidation sites excluding steroid dienone is 10. The number of ether oxygens (including phenoxy) is 4. The lowest BCUT2D eigenvalue weighted by Gasteiger charge is -2.26. The molecule has 0 radical (unpaired) electrons. The van der Waals surface area contributed by atoms with Crippen LogP contribution in [0, 0.1) is 0 Å². The number of aliphatic carboxylic acids is 1. The molecule has 2 unspecified atom stereocenters. The molecule has 0 aliphatic heterocycles. The number of quaternary nitrogens is 1. The molecule has 0 saturated heterocycles. The maximum Gasteiger partial charge on any atom is 0.306 e. The molecule has 9 nitrogen and oxygen atoms in total. The Morgan fingerprint density at radius 1 is 0.425 bits per heavy atom. The van der Waals surface area contributed by atoms with E-state index in [2.05, 4.69) is 74.6 Å². The molecule has 0 amide bonds. The number of nitrogens with zero attached hydrogens (tertiary/aromatic N) is 1. The zero-order valence-corrected chi connectivity index (χ0v) is 48.3. The molecule has 0 aromatic heterocycles. The van der Waals surface area contributed by atoms with Gasteiger partial charge in [-0.1, -0.05) is 261 Å². The summed E-state index contributed by atoms with van der Waals surface area (Å²) in [7, 11) is 5.92. The van der Waals surface area contributed by atoms with Crippen LogP contribution in [0.15, 0.2) is 60.8 Å². The molecule has 73 heavy (non-hydrogen) atoms. The summed E-state index contributed by atoms with van der Waals surface area (Å²) in [6, 6.07) is 0. The van der Waals surface area contributed by atoms with Crippen LogP contribution in [0.25, 0.3) is 0 Å². The minimum atomic E-state index is -1.63. The van der Waals surface area contributed by atoms with Crippen LogP contribution in [0.4, 0.5) is 0 Å². The standard InChI is InChI=1S/C64H115NO8/c1-6-8-10-12-14-16-18-20-22-24-26-28-29-30-31-32-33-35-36-38-40-42-44-46-48-50-52-54-61(66)71-58-60(59-72-64(63(68)69)70-57-56-65(3,4)5)73-62(67)55-53-51-49-47-45-43-41-39-37-34-27-25-23-21-19-17-15-13-11-9-7-2/h9,11,15,17,21,23,27,34,39,41,60,64H,6-8,10,12-14,16,18-20,22,24-26,28-33,35-38,40,42-59H2,1-5H3/b11-9-,17-15-,23-21-,34-27-,41-39-. The van der Waals surface area contributed by atoms with Crippen LogP contribution < -0.4 is 5.11 Å². The molecule has 0 rings (SSSR count). The van der Waals surface area contributed by atoms with Crippen molar-refractivity contribution in [3.63, 3.8) is 0 Å². The van der Waals surface area contributed by atoms with E-state index in [4.69, 9.17) is 18.9 Å². The summed E-state index contributed by atoms with van der Waals surface area (Å²) >= 11 is 0. The molecule has 0 aliphatic carbocycles. The summed E-state index contributed by atoms with van der Waals surface area (Å²) in [5.74, 6) is -2.30. The average Bonchev–Trinajstić information content (AvgIpc) is 3.36. The molecule has 0 saturated carbocycles. The zero-order chi connectivity index (χ0) is 53.4. The number of carbonyl (C=O) groups excluding carboxylic acids is 3. The molecule has 424 valence electrons. The van der Waals surface area contributed by atoms with E-state index in [0.717, 1.165) is 83.5 Å². The van der Waals surface area contributed by atoms with Gasteiger partial charge in [-0.3, -0.25) is 9.59 Å². The molecule has 9 heteroatoms. The second-order valence-corrected chi connectivity index (χ2v) is 21.6. The molecule has 0 bridgehead atoms. The molecular weight excluding hydrogens is 911 g/mol. The van der Waals surface area contributed by atoms with Crippen LogP contribution in [0.5, 0.6) is 0 Å². The first kappa shape index (κ1) is 70.0. The van der Waals surface area contributed by atoms with Crippen LogP contribution >= 0.6 is 0 Å². The summed E-state index contributed by atoms with van der Waals surface area (Å²) in [6.45, 7) is 4.64. The normalized spacial score (nSPS) is 13.2. The highest BCUT2D eigenvalue weighted by atomic mass is 16.7. The van der Waals surface area contributed by atoms with Gasteiger partial charge in [-0.05, 0) is 57.8 Å². The summed E-state index contributed by atoms with van der Waals surface area (Å²) < 4.78 is 22.7. The Balaban J connectivity index is 4.20. The Morgan fingerprint density at radius 2 is 0.781 bits per heavy atom. The number of carbonyl (C=O) groups is 3. The highest BCUT2D eigenvalue weighted by Crippen LogP contribution is 2.17. The predicted molar refractivity (Wildman–Crippen MR) is 306 cm³/mol. The number of unbranched alkanes of at least 4 members (excludes halogenated alkanes) is 31. The molecule has 2 atom stereocenters. The Kier molecular flexibility index (Phi) is 53.0. The monoisotopic (exact) mass is 1030 g/mol. The Labute approximate surface area is 450 Å². The van der Waals surface area contributed by atoms with Gasteiger partial charge in [0.2, 0.25) is 0 Å². The molecule has 0 fully saturated rings. The van der Waals surface area contributed by atoms with E-state index in [9.17, 15) is 19.5 Å². The highest BCUT2D eigenvalue weighted by Gasteiger charge is 2.22. The first-order valence-electron chi connectivity index (χ1n) is 30.4. The van der Waals surface area contributed by atoms with Gasteiger partial charge in [-0.15, -0.1) is 0 Å². The van der Waals surface area contributed by atoms with E-state index in [1.165, 1.54) is 154 Å². The van der Waals surface area contributed by atoms with E-state index in [1.54, 1.807) is 0 Å². The number of rotatable bonds is 56. The van der Waals surface area contributed by atoms with Crippen LogP contribution in [-0.2, 0) is 33.3 Å². The van der Waals surface area contributed by atoms with E-state index >= 15 is 0 Å². The van der Waals surface area contributed by atoms with Crippen LogP contribution in [-0.4, -0.2) is 82.3 Å². The van der Waals surface area contributed by atoms with Gasteiger partial charge < -0.3 is 33.3 Å². The highest BCUT2D eigenvalue weighted by molar-refractivity contribution is 5.70. The van der Waals surface area contributed by atoms with E-state index in [-0.39, 0.29) is 38.6 Å². The minimum absolute atomic E-state index is 0.142. The quantitative estimate of drug-likeness (QED) is 0.0195. The molecule has 0 aromatic carbocycles. The van der Waals surface area contributed by atoms with Gasteiger partial charge in [-0.25, -0.2) is 0 Å². The van der Waals surface area contributed by atoms with Crippen LogP contribution in [0.1, 0.15) is 271 Å². The molecule has 0 aromatic rings. The van der Waals surface area contributed by atoms with Crippen molar-refractivity contribution in [3.05, 3.63) is 60.8 Å². The Morgan fingerprint density at radius 3 is 1.16 bits per heavy atom. The third-order valence-corrected chi connectivity index (χ3v) is 13.3. The topological polar surface area (TPSA) is 111 Å². The van der Waals surface area contributed by atoms with Gasteiger partial charge >= 0.3 is 11.9 Å². The van der Waals surface area contributed by atoms with Gasteiger partial charge in [0, 0.05) is 12.8 Å². The summed E-state index contributed by atoms with van der Waals surface area (Å²) in [5.41, 5.74) is 0. The number of carboxylic acids is 1. The number of carboxylic acid groups (broad SMARTS) is 1. The maximum atomic E-state index is 12.9. The lowest BCUT2D eigenvalue weighted by molar-refractivity contribution is -0.870. The number of hydrogen-bond acceptors (Lipinski definition) is 8. The van der Waals surface area contributed by atoms with Crippen molar-refractivity contribution in [2.45, 2.75) is 283 Å². The van der Waals surface area contributed by atoms with Crippen molar-refractivity contribution in [1.29, 1.82) is 0 Å². The Hall–Kier alpha value is -3.01. The lowest BCUT2D eigenvalue weighted by atomic mass is 10.0. The first-order chi connectivity index (χ1) is 35.6. The fourth-order valence-corrected chi connectivity index (χ4v) is 8.62. The van der Waals surface area contributed by atoms with E-state index < -0.39 is 24.3 Å². The summed E-state index contributed by atoms with van der Waals surface area (Å²) in [4.78, 5) is 37.3. The van der Waals surface area contributed by atoms with E-state index in [0.29, 0.717) is 17.4 Å². The van der Waals surface area contributed by atoms with Crippen molar-refractivity contribution in [2.75, 3.05) is 47.5 Å². The number of hydrogen-bond donors (Lipinski definition) is 0. The van der Waals surface area contributed by atoms with E-state index in [1.807, 2.05) is 21.1 Å². The van der Waals surface area contributed by atoms with Crippen LogP contribution in [0.3, 0.4) is 0 Å². The Bertz CT molecular complexity index is 1380. The zero-order valence-electron chi connectivity index (χ0n) is 48.3. The lowest BCUT2D eigenvalue weighted by Crippen LogP contribution is -2.44. The van der Waals surface area contributed by atoms with Gasteiger partial charge in [-0.2, -0.15) is 0 Å². The molecular formula is C64H115NO8. The third-order valence-electron chi connectivity index (χ3n) is 13.3. The summed E-state index contributed by atoms with van der Waals surface area (Å²) in [5, 5.41) is 11.8. The van der Waals surface area contributed by atoms with Crippen LogP contribution in [0.2, 0.25) is 0 Å². The first-order valence-corrected chi connectivity index (χ1v) is 30.4. The molecule has 0 aliphatic rings. The fraction of sp³-hybridized carbons (Fsp3) is 0.797. The van der Waals surface area contributed by atoms with Gasteiger partial charge in [0.15, 0.2) is 12.4 Å². The van der Waals surface area contributed by atoms with Gasteiger partial charge in [0.1, 0.15) is 13.2 Å². The predicted octanol–water partition coefficient (Wildman–Crippen LogP) is 16.7. The maximum absolute atomic E-state index is 12.9. The second kappa shape index (κ2) is 55.2. The smallest absolute Gasteiger partial charge is 0.306 e.